The minimum absolute atomic E-state index is 0.0184. The van der Waals surface area contributed by atoms with Crippen molar-refractivity contribution in [3.05, 3.63) is 138 Å². The molecule has 4 saturated heterocycles. The summed E-state index contributed by atoms with van der Waals surface area (Å²) in [5.41, 5.74) is 9.23. The number of amides is 4. The molecule has 0 radical (unpaired) electrons. The van der Waals surface area contributed by atoms with Crippen molar-refractivity contribution < 1.29 is 46.0 Å². The molecule has 16 heteroatoms. The van der Waals surface area contributed by atoms with E-state index in [0.717, 1.165) is 71.3 Å². The summed E-state index contributed by atoms with van der Waals surface area (Å²) in [6.07, 6.45) is 1.23. The van der Waals surface area contributed by atoms with Crippen molar-refractivity contribution in [2.45, 2.75) is 95.3 Å². The minimum Gasteiger partial charge on any atom is -0.320 e. The number of benzene rings is 4. The number of piperidine rings is 4. The lowest BCUT2D eigenvalue weighted by Crippen LogP contribution is -2.48. The van der Waals surface area contributed by atoms with Crippen LogP contribution in [0.1, 0.15) is 99.7 Å². The number of rotatable bonds is 7. The molecule has 4 heterocycles. The largest absolute Gasteiger partial charge is 0.487 e. The number of para-hydroxylation sites is 1. The molecule has 4 amide bonds. The number of halogens is 3. The van der Waals surface area contributed by atoms with Crippen molar-refractivity contribution in [1.82, 2.24) is 14.3 Å². The van der Waals surface area contributed by atoms with Gasteiger partial charge in [0.05, 0.1) is 29.5 Å². The van der Waals surface area contributed by atoms with Gasteiger partial charge < -0.3 is 10.6 Å². The Morgan fingerprint density at radius 2 is 1.00 bits per heavy atom. The number of anilines is 1. The summed E-state index contributed by atoms with van der Waals surface area (Å²) in [6.45, 7) is 5.03. The Hall–Kier alpha value is -5.58. The number of hydrogen-bond donors (Lipinski definition) is 2. The number of nitrogens with two attached hydrogens (primary N) is 1. The molecule has 4 aliphatic rings. The first-order valence-electron chi connectivity index (χ1n) is 22.2. The monoisotopic (exact) mass is 919 g/mol. The van der Waals surface area contributed by atoms with Gasteiger partial charge in [-0.1, -0.05) is 123 Å². The van der Waals surface area contributed by atoms with E-state index >= 15 is 0 Å². The number of likely N-dealkylation sites (tertiary alicyclic amines) is 1. The standard InChI is InChI=1S/C15H21NO3S.C12H12F3NO.C11H14N2O.C11H13NO2/c1-12(2)11-20(18,19)16-10-6-9-14(15(16)17)13-7-4-3-5-8-13;13-12(14,15)16-8-4-7-10(11(16)17)9-5-2-1-3-6-9;12-10-7-4-8-13(11(10)14)9-5-2-1-3-6-9;13-11-10(7-4-8-12(11)14)9-5-2-1-3-6-9/h3-5,7-8,12,14H,6,9-11H2,1-2H3;1-3,5-6,10H,4,7-8H2;1-3,5-6,10H,4,7-8,12H2;1-3,5-6,10,14H,4,7-8H2. The highest BCUT2D eigenvalue weighted by atomic mass is 32.2. The molecule has 12 nitrogen and oxygen atoms in total. The molecule has 4 aromatic rings. The van der Waals surface area contributed by atoms with E-state index in [0.29, 0.717) is 31.5 Å². The Bertz CT molecular complexity index is 2190. The average molecular weight is 920 g/mol. The van der Waals surface area contributed by atoms with Crippen molar-refractivity contribution in [3.8, 4) is 0 Å². The van der Waals surface area contributed by atoms with Gasteiger partial charge in [-0.05, 0) is 86.1 Å². The molecular weight excluding hydrogens is 860 g/mol. The summed E-state index contributed by atoms with van der Waals surface area (Å²) in [6, 6.07) is 37.1. The third-order valence-electron chi connectivity index (χ3n) is 11.6. The molecule has 3 N–H and O–H groups in total. The number of sulfonamides is 1. The van der Waals surface area contributed by atoms with Crippen LogP contribution in [0.4, 0.5) is 18.9 Å². The van der Waals surface area contributed by atoms with Crippen LogP contribution in [0.25, 0.3) is 0 Å². The maximum atomic E-state index is 12.6. The van der Waals surface area contributed by atoms with Crippen molar-refractivity contribution in [2.75, 3.05) is 36.8 Å². The van der Waals surface area contributed by atoms with Crippen LogP contribution < -0.4 is 10.6 Å². The van der Waals surface area contributed by atoms with Crippen molar-refractivity contribution in [2.24, 2.45) is 11.7 Å². The summed E-state index contributed by atoms with van der Waals surface area (Å²) in [4.78, 5) is 49.4. The van der Waals surface area contributed by atoms with Gasteiger partial charge in [-0.25, -0.2) is 17.8 Å². The van der Waals surface area contributed by atoms with Crippen LogP contribution in [0.15, 0.2) is 121 Å². The lowest BCUT2D eigenvalue weighted by Gasteiger charge is -2.33. The summed E-state index contributed by atoms with van der Waals surface area (Å²) >= 11 is 0. The topological polar surface area (TPSA) is 162 Å². The van der Waals surface area contributed by atoms with E-state index in [1.807, 2.05) is 105 Å². The Balaban J connectivity index is 0.000000164. The van der Waals surface area contributed by atoms with Gasteiger partial charge in [0, 0.05) is 31.9 Å². The third-order valence-corrected chi connectivity index (χ3v) is 13.7. The molecule has 4 fully saturated rings. The number of hydroxylamine groups is 2. The molecule has 0 saturated carbocycles. The Kier molecular flexibility index (Phi) is 18.3. The molecule has 4 aromatic carbocycles. The number of alkyl halides is 3. The normalized spacial score (nSPS) is 21.7. The summed E-state index contributed by atoms with van der Waals surface area (Å²) in [5, 5.41) is 10.1. The van der Waals surface area contributed by atoms with Crippen molar-refractivity contribution in [1.29, 1.82) is 0 Å². The van der Waals surface area contributed by atoms with E-state index < -0.39 is 28.1 Å². The van der Waals surface area contributed by atoms with Gasteiger partial charge in [0.1, 0.15) is 0 Å². The van der Waals surface area contributed by atoms with Crippen molar-refractivity contribution >= 4 is 39.3 Å². The molecule has 4 unspecified atom stereocenters. The molecule has 0 bridgehead atoms. The molecule has 350 valence electrons. The smallest absolute Gasteiger partial charge is 0.320 e. The van der Waals surface area contributed by atoms with E-state index in [-0.39, 0.29) is 58.7 Å². The molecule has 4 aliphatic heterocycles. The van der Waals surface area contributed by atoms with E-state index in [9.17, 15) is 46.0 Å². The fraction of sp³-hybridized carbons (Fsp3) is 0.429. The van der Waals surface area contributed by atoms with Crippen LogP contribution in [-0.2, 0) is 29.2 Å². The van der Waals surface area contributed by atoms with Crippen LogP contribution in [0, 0.1) is 5.92 Å². The highest BCUT2D eigenvalue weighted by Crippen LogP contribution is 2.34. The van der Waals surface area contributed by atoms with Crippen LogP contribution in [0.3, 0.4) is 0 Å². The summed E-state index contributed by atoms with van der Waals surface area (Å²) in [7, 11) is -3.49. The second-order valence-electron chi connectivity index (χ2n) is 16.9. The lowest BCUT2D eigenvalue weighted by molar-refractivity contribution is -0.244. The summed E-state index contributed by atoms with van der Waals surface area (Å²) in [5.74, 6) is -2.35. The first-order valence-corrected chi connectivity index (χ1v) is 23.8. The average Bonchev–Trinajstić information content (AvgIpc) is 3.29. The number of carbonyl (C=O) groups excluding carboxylic acids is 4. The highest BCUT2D eigenvalue weighted by Gasteiger charge is 2.45. The highest BCUT2D eigenvalue weighted by molar-refractivity contribution is 7.89. The van der Waals surface area contributed by atoms with Gasteiger partial charge in [-0.3, -0.25) is 29.3 Å². The zero-order chi connectivity index (χ0) is 47.1. The molecule has 0 aromatic heterocycles. The SMILES string of the molecule is CC(C)CS(=O)(=O)N1CCCC(c2ccccc2)C1=O.NC1CCCN(c2ccccc2)C1=O.O=C1C(c2ccccc2)CCCN1C(F)(F)F.O=C1C(c2ccccc2)CCCN1O. The van der Waals surface area contributed by atoms with Crippen molar-refractivity contribution in [3.63, 3.8) is 0 Å². The van der Waals surface area contributed by atoms with Crippen LogP contribution >= 0.6 is 0 Å². The first kappa shape index (κ1) is 50.4. The number of hydrogen-bond acceptors (Lipinski definition) is 8. The Labute approximate surface area is 380 Å². The zero-order valence-electron chi connectivity index (χ0n) is 36.9. The fourth-order valence-corrected chi connectivity index (χ4v) is 10.2. The van der Waals surface area contributed by atoms with Gasteiger partial charge >= 0.3 is 6.30 Å². The molecule has 0 spiro atoms. The predicted octanol–water partition coefficient (Wildman–Crippen LogP) is 8.21. The Morgan fingerprint density at radius 3 is 1.48 bits per heavy atom. The lowest BCUT2D eigenvalue weighted by atomic mass is 9.90. The maximum Gasteiger partial charge on any atom is 0.487 e. The minimum atomic E-state index is -4.56. The molecule has 8 rings (SSSR count). The van der Waals surface area contributed by atoms with Gasteiger partial charge in [-0.15, -0.1) is 13.2 Å². The first-order chi connectivity index (χ1) is 31.0. The van der Waals surface area contributed by atoms with E-state index in [4.69, 9.17) is 5.73 Å². The van der Waals surface area contributed by atoms with E-state index in [1.54, 1.807) is 35.2 Å². The maximum absolute atomic E-state index is 12.6. The Morgan fingerprint density at radius 1 is 0.585 bits per heavy atom. The quantitative estimate of drug-likeness (QED) is 0.139. The second kappa shape index (κ2) is 23.6. The molecular formula is C49H60F3N5O7S. The predicted molar refractivity (Wildman–Crippen MR) is 243 cm³/mol. The second-order valence-corrected chi connectivity index (χ2v) is 18.8. The van der Waals surface area contributed by atoms with Gasteiger partial charge in [0.15, 0.2) is 0 Å². The van der Waals surface area contributed by atoms with E-state index in [1.165, 1.54) is 0 Å². The van der Waals surface area contributed by atoms with Gasteiger partial charge in [-0.2, -0.15) is 0 Å². The third kappa shape index (κ3) is 14.0. The molecule has 4 atom stereocenters. The van der Waals surface area contributed by atoms with Crippen LogP contribution in [0.2, 0.25) is 0 Å². The van der Waals surface area contributed by atoms with Crippen LogP contribution in [0.5, 0.6) is 0 Å². The van der Waals surface area contributed by atoms with E-state index in [2.05, 4.69) is 0 Å². The summed E-state index contributed by atoms with van der Waals surface area (Å²) < 4.78 is 63.4. The molecule has 65 heavy (non-hydrogen) atoms. The number of nitrogens with zero attached hydrogens (tertiary/aromatic N) is 4. The number of carbonyl (C=O) groups is 4. The van der Waals surface area contributed by atoms with Crippen LogP contribution in [-0.4, -0.2) is 95.8 Å². The zero-order valence-corrected chi connectivity index (χ0v) is 37.7. The molecule has 0 aliphatic carbocycles. The van der Waals surface area contributed by atoms with Gasteiger partial charge in [0.2, 0.25) is 27.7 Å². The fourth-order valence-electron chi connectivity index (χ4n) is 8.37. The van der Waals surface area contributed by atoms with Gasteiger partial charge in [0.25, 0.3) is 5.91 Å².